The van der Waals surface area contributed by atoms with Gasteiger partial charge in [0.2, 0.25) is 10.0 Å². The molecule has 0 unspecified atom stereocenters. The van der Waals surface area contributed by atoms with Gasteiger partial charge in [-0.05, 0) is 25.5 Å². The molecule has 0 aromatic heterocycles. The number of hydrogen-bond acceptors (Lipinski definition) is 5. The Morgan fingerprint density at radius 1 is 1.45 bits per heavy atom. The molecular formula is C13H17NO5S. The maximum atomic E-state index is 12.0. The van der Waals surface area contributed by atoms with Crippen LogP contribution in [0.3, 0.4) is 0 Å². The Bertz CT molecular complexity index is 622. The van der Waals surface area contributed by atoms with Crippen molar-refractivity contribution in [1.82, 2.24) is 4.72 Å². The lowest BCUT2D eigenvalue weighted by Crippen LogP contribution is -2.28. The molecule has 0 spiro atoms. The van der Waals surface area contributed by atoms with E-state index in [4.69, 9.17) is 4.74 Å². The van der Waals surface area contributed by atoms with E-state index in [2.05, 4.69) is 11.3 Å². The fraction of sp³-hybridized carbons (Fsp3) is 0.308. The summed E-state index contributed by atoms with van der Waals surface area (Å²) in [4.78, 5) is 11.1. The van der Waals surface area contributed by atoms with Crippen LogP contribution in [-0.2, 0) is 19.6 Å². The Labute approximate surface area is 118 Å². The minimum absolute atomic E-state index is 0.0104. The van der Waals surface area contributed by atoms with Gasteiger partial charge in [0.25, 0.3) is 0 Å². The first kappa shape index (κ1) is 16.2. The molecule has 1 rings (SSSR count). The maximum absolute atomic E-state index is 12.0. The molecule has 0 bridgehead atoms. The predicted octanol–water partition coefficient (Wildman–Crippen LogP) is 1.10. The third-order valence-corrected chi connectivity index (χ3v) is 4.04. The smallest absolute Gasteiger partial charge is 0.333 e. The molecule has 0 aliphatic rings. The van der Waals surface area contributed by atoms with Crippen molar-refractivity contribution in [3.63, 3.8) is 0 Å². The van der Waals surface area contributed by atoms with Crippen molar-refractivity contribution in [2.75, 3.05) is 13.2 Å². The van der Waals surface area contributed by atoms with E-state index in [1.807, 2.05) is 0 Å². The van der Waals surface area contributed by atoms with Crippen LogP contribution in [0.4, 0.5) is 0 Å². The van der Waals surface area contributed by atoms with E-state index in [0.29, 0.717) is 5.56 Å². The van der Waals surface area contributed by atoms with Gasteiger partial charge in [-0.15, -0.1) is 0 Å². The lowest BCUT2D eigenvalue weighted by atomic mass is 10.2. The Kier molecular flexibility index (Phi) is 5.29. The maximum Gasteiger partial charge on any atom is 0.333 e. The molecule has 1 aromatic carbocycles. The zero-order chi connectivity index (χ0) is 15.3. The monoisotopic (exact) mass is 299 g/mol. The average Bonchev–Trinajstić information content (AvgIpc) is 2.37. The predicted molar refractivity (Wildman–Crippen MR) is 73.8 cm³/mol. The van der Waals surface area contributed by atoms with Crippen LogP contribution in [0.25, 0.3) is 0 Å². The molecule has 0 saturated carbocycles. The van der Waals surface area contributed by atoms with Gasteiger partial charge in [-0.1, -0.05) is 12.6 Å². The van der Waals surface area contributed by atoms with Gasteiger partial charge in [0.1, 0.15) is 12.4 Å². The van der Waals surface area contributed by atoms with Gasteiger partial charge < -0.3 is 9.84 Å². The lowest BCUT2D eigenvalue weighted by Gasteiger charge is -2.10. The number of aromatic hydroxyl groups is 1. The number of aryl methyl sites for hydroxylation is 1. The van der Waals surface area contributed by atoms with Crippen molar-refractivity contribution in [1.29, 1.82) is 0 Å². The van der Waals surface area contributed by atoms with E-state index in [0.717, 1.165) is 6.07 Å². The van der Waals surface area contributed by atoms with Crippen LogP contribution < -0.4 is 4.72 Å². The minimum atomic E-state index is -3.76. The number of sulfonamides is 1. The third-order valence-electron chi connectivity index (χ3n) is 2.44. The van der Waals surface area contributed by atoms with E-state index in [9.17, 15) is 18.3 Å². The first-order valence-electron chi connectivity index (χ1n) is 5.86. The van der Waals surface area contributed by atoms with Crippen LogP contribution in [0.5, 0.6) is 5.75 Å². The van der Waals surface area contributed by atoms with Crippen LogP contribution in [0, 0.1) is 6.92 Å². The molecule has 0 atom stereocenters. The van der Waals surface area contributed by atoms with Gasteiger partial charge in [0.15, 0.2) is 0 Å². The molecule has 6 nitrogen and oxygen atoms in total. The zero-order valence-electron chi connectivity index (χ0n) is 11.3. The van der Waals surface area contributed by atoms with Crippen molar-refractivity contribution < 1.29 is 23.1 Å². The molecule has 7 heteroatoms. The van der Waals surface area contributed by atoms with Crippen LogP contribution in [0.1, 0.15) is 12.5 Å². The normalized spacial score (nSPS) is 11.1. The summed E-state index contributed by atoms with van der Waals surface area (Å²) in [6.45, 7) is 6.38. The Morgan fingerprint density at radius 3 is 2.70 bits per heavy atom. The summed E-state index contributed by atoms with van der Waals surface area (Å²) < 4.78 is 31.1. The fourth-order valence-electron chi connectivity index (χ4n) is 1.40. The van der Waals surface area contributed by atoms with Crippen molar-refractivity contribution in [3.05, 3.63) is 35.9 Å². The molecule has 0 radical (unpaired) electrons. The standard InChI is InChI=1S/C13H17NO5S/c1-9(2)13(16)19-7-6-14-20(17,18)12-8-11(15)5-4-10(12)3/h4-5,8,14-15H,1,6-7H2,2-3H3. The highest BCUT2D eigenvalue weighted by Gasteiger charge is 2.17. The molecule has 0 amide bonds. The molecule has 1 aromatic rings. The average molecular weight is 299 g/mol. The van der Waals surface area contributed by atoms with Gasteiger partial charge in [-0.3, -0.25) is 0 Å². The SMILES string of the molecule is C=C(C)C(=O)OCCNS(=O)(=O)c1cc(O)ccc1C. The summed E-state index contributed by atoms with van der Waals surface area (Å²) in [6, 6.07) is 4.07. The molecule has 0 saturated heterocycles. The molecule has 0 heterocycles. The number of benzene rings is 1. The number of ether oxygens (including phenoxy) is 1. The number of rotatable bonds is 6. The van der Waals surface area contributed by atoms with Crippen molar-refractivity contribution in [2.24, 2.45) is 0 Å². The first-order valence-corrected chi connectivity index (χ1v) is 7.34. The number of phenols is 1. The minimum Gasteiger partial charge on any atom is -0.508 e. The summed E-state index contributed by atoms with van der Waals surface area (Å²) in [7, 11) is -3.76. The summed E-state index contributed by atoms with van der Waals surface area (Å²) in [6.07, 6.45) is 0. The van der Waals surface area contributed by atoms with Gasteiger partial charge in [-0.25, -0.2) is 17.9 Å². The Morgan fingerprint density at radius 2 is 2.10 bits per heavy atom. The fourth-order valence-corrected chi connectivity index (χ4v) is 2.67. The summed E-state index contributed by atoms with van der Waals surface area (Å²) in [5.74, 6) is -0.706. The molecule has 110 valence electrons. The van der Waals surface area contributed by atoms with Gasteiger partial charge in [0.05, 0.1) is 4.90 Å². The number of hydrogen-bond donors (Lipinski definition) is 2. The number of nitrogens with one attached hydrogen (secondary N) is 1. The van der Waals surface area contributed by atoms with Gasteiger partial charge in [-0.2, -0.15) is 0 Å². The highest BCUT2D eigenvalue weighted by molar-refractivity contribution is 7.89. The second-order valence-corrected chi connectivity index (χ2v) is 6.00. The second kappa shape index (κ2) is 6.53. The highest BCUT2D eigenvalue weighted by atomic mass is 32.2. The first-order chi connectivity index (χ1) is 9.24. The molecule has 2 N–H and O–H groups in total. The van der Waals surface area contributed by atoms with Crippen LogP contribution in [0.2, 0.25) is 0 Å². The van der Waals surface area contributed by atoms with Crippen molar-refractivity contribution >= 4 is 16.0 Å². The van der Waals surface area contributed by atoms with Crippen LogP contribution >= 0.6 is 0 Å². The van der Waals surface area contributed by atoms with E-state index in [1.165, 1.54) is 19.1 Å². The highest BCUT2D eigenvalue weighted by Crippen LogP contribution is 2.20. The third kappa shape index (κ3) is 4.36. The van der Waals surface area contributed by atoms with Crippen molar-refractivity contribution in [2.45, 2.75) is 18.7 Å². The number of carbonyl (C=O) groups excluding carboxylic acids is 1. The molecule has 20 heavy (non-hydrogen) atoms. The van der Waals surface area contributed by atoms with Crippen molar-refractivity contribution in [3.8, 4) is 5.75 Å². The zero-order valence-corrected chi connectivity index (χ0v) is 12.2. The molecule has 0 aliphatic heterocycles. The van der Waals surface area contributed by atoms with Gasteiger partial charge >= 0.3 is 5.97 Å². The number of esters is 1. The topological polar surface area (TPSA) is 92.7 Å². The van der Waals surface area contributed by atoms with Crippen LogP contribution in [0.15, 0.2) is 35.2 Å². The Balaban J connectivity index is 2.65. The molecular weight excluding hydrogens is 282 g/mol. The molecule has 0 fully saturated rings. The molecule has 0 aliphatic carbocycles. The van der Waals surface area contributed by atoms with E-state index >= 15 is 0 Å². The number of phenolic OH excluding ortho intramolecular Hbond substituents is 1. The largest absolute Gasteiger partial charge is 0.508 e. The second-order valence-electron chi connectivity index (χ2n) is 4.26. The number of carbonyl (C=O) groups is 1. The summed E-state index contributed by atoms with van der Waals surface area (Å²) in [5, 5.41) is 9.34. The summed E-state index contributed by atoms with van der Waals surface area (Å²) >= 11 is 0. The van der Waals surface area contributed by atoms with E-state index < -0.39 is 16.0 Å². The lowest BCUT2D eigenvalue weighted by molar-refractivity contribution is -0.138. The quantitative estimate of drug-likeness (QED) is 0.466. The van der Waals surface area contributed by atoms with E-state index in [-0.39, 0.29) is 29.4 Å². The Hall–Kier alpha value is -1.86. The van der Waals surface area contributed by atoms with Crippen LogP contribution in [-0.4, -0.2) is 32.6 Å². The van der Waals surface area contributed by atoms with E-state index in [1.54, 1.807) is 6.92 Å². The summed E-state index contributed by atoms with van der Waals surface area (Å²) in [5.41, 5.74) is 0.755. The van der Waals surface area contributed by atoms with Gasteiger partial charge in [0, 0.05) is 18.2 Å².